The fourth-order valence-corrected chi connectivity index (χ4v) is 1.47. The van der Waals surface area contributed by atoms with Gasteiger partial charge in [0.25, 0.3) is 0 Å². The fourth-order valence-electron chi connectivity index (χ4n) is 1.47. The third-order valence-corrected chi connectivity index (χ3v) is 2.42. The maximum atomic E-state index is 4.98. The molecular weight excluding hydrogens is 220 g/mol. The van der Waals surface area contributed by atoms with Crippen LogP contribution in [-0.4, -0.2) is 44.6 Å². The van der Waals surface area contributed by atoms with Crippen LogP contribution in [0.1, 0.15) is 5.82 Å². The summed E-state index contributed by atoms with van der Waals surface area (Å²) in [6.45, 7) is 2.02. The quantitative estimate of drug-likeness (QED) is 0.721. The largest absolute Gasteiger partial charge is 0.383 e. The summed E-state index contributed by atoms with van der Waals surface area (Å²) in [7, 11) is 3.60. The number of nitrogens with zero attached hydrogens (tertiary/aromatic N) is 5. The lowest BCUT2D eigenvalue weighted by atomic mass is 10.5. The lowest BCUT2D eigenvalue weighted by Gasteiger charge is -2.08. The van der Waals surface area contributed by atoms with Gasteiger partial charge in [-0.05, 0) is 0 Å². The van der Waals surface area contributed by atoms with Crippen molar-refractivity contribution in [2.24, 2.45) is 7.05 Å². The first-order valence-electron chi connectivity index (χ1n) is 5.38. The highest BCUT2D eigenvalue weighted by atomic mass is 16.5. The Morgan fingerprint density at radius 1 is 1.47 bits per heavy atom. The molecule has 0 amide bonds. The van der Waals surface area contributed by atoms with Crippen LogP contribution >= 0.6 is 0 Å². The van der Waals surface area contributed by atoms with Gasteiger partial charge < -0.3 is 19.2 Å². The molecule has 2 rings (SSSR count). The maximum Gasteiger partial charge on any atom is 0.203 e. The van der Waals surface area contributed by atoms with Gasteiger partial charge in [-0.2, -0.15) is 0 Å². The lowest BCUT2D eigenvalue weighted by Crippen LogP contribution is -2.14. The zero-order valence-electron chi connectivity index (χ0n) is 10.00. The maximum absolute atomic E-state index is 4.98. The number of ether oxygens (including phenoxy) is 1. The molecule has 7 heteroatoms. The number of anilines is 1. The van der Waals surface area contributed by atoms with E-state index in [0.29, 0.717) is 13.2 Å². The summed E-state index contributed by atoms with van der Waals surface area (Å²) in [5.74, 6) is 1.70. The van der Waals surface area contributed by atoms with Gasteiger partial charge in [0, 0.05) is 33.1 Å². The van der Waals surface area contributed by atoms with E-state index < -0.39 is 0 Å². The number of aromatic nitrogens is 5. The van der Waals surface area contributed by atoms with E-state index in [1.54, 1.807) is 19.6 Å². The fraction of sp³-hybridized carbons (Fsp3) is 0.500. The van der Waals surface area contributed by atoms with Crippen LogP contribution in [0.4, 0.5) is 5.95 Å². The van der Waals surface area contributed by atoms with Crippen molar-refractivity contribution < 1.29 is 4.74 Å². The molecule has 0 aliphatic heterocycles. The minimum atomic E-state index is 0.645. The topological polar surface area (TPSA) is 69.8 Å². The second-order valence-corrected chi connectivity index (χ2v) is 3.66. The molecule has 0 aromatic carbocycles. The molecule has 2 heterocycles. The highest BCUT2D eigenvalue weighted by Crippen LogP contribution is 2.06. The zero-order chi connectivity index (χ0) is 12.1. The summed E-state index contributed by atoms with van der Waals surface area (Å²) >= 11 is 0. The van der Waals surface area contributed by atoms with Crippen molar-refractivity contribution in [2.45, 2.75) is 6.54 Å². The number of hydrogen-bond acceptors (Lipinski definition) is 5. The van der Waals surface area contributed by atoms with Gasteiger partial charge in [0.1, 0.15) is 6.33 Å². The summed E-state index contributed by atoms with van der Waals surface area (Å²) in [6.07, 6.45) is 5.35. The van der Waals surface area contributed by atoms with E-state index in [9.17, 15) is 0 Å². The second-order valence-electron chi connectivity index (χ2n) is 3.66. The number of rotatable bonds is 6. The predicted octanol–water partition coefficient (Wildman–Crippen LogP) is 0.118. The van der Waals surface area contributed by atoms with Gasteiger partial charge in [0.05, 0.1) is 13.2 Å². The van der Waals surface area contributed by atoms with Gasteiger partial charge in [-0.1, -0.05) is 0 Å². The Morgan fingerprint density at radius 3 is 3.06 bits per heavy atom. The second kappa shape index (κ2) is 5.44. The van der Waals surface area contributed by atoms with Crippen molar-refractivity contribution in [3.8, 4) is 0 Å². The Morgan fingerprint density at radius 2 is 2.35 bits per heavy atom. The molecule has 0 saturated heterocycles. The van der Waals surface area contributed by atoms with Crippen LogP contribution < -0.4 is 5.32 Å². The van der Waals surface area contributed by atoms with Crippen molar-refractivity contribution in [1.82, 2.24) is 24.3 Å². The molecule has 0 bridgehead atoms. The average Bonchev–Trinajstić information content (AvgIpc) is 2.91. The van der Waals surface area contributed by atoms with E-state index in [1.807, 2.05) is 22.4 Å². The monoisotopic (exact) mass is 236 g/mol. The molecule has 0 spiro atoms. The first-order valence-corrected chi connectivity index (χ1v) is 5.38. The number of hydrogen-bond donors (Lipinski definition) is 1. The Bertz CT molecular complexity index is 463. The molecule has 0 atom stereocenters. The van der Waals surface area contributed by atoms with Crippen LogP contribution in [0.2, 0.25) is 0 Å². The van der Waals surface area contributed by atoms with Gasteiger partial charge in [-0.25, -0.2) is 4.98 Å². The van der Waals surface area contributed by atoms with Gasteiger partial charge in [-0.3, -0.25) is 0 Å². The van der Waals surface area contributed by atoms with Crippen LogP contribution in [0.3, 0.4) is 0 Å². The molecule has 0 radical (unpaired) electrons. The molecule has 17 heavy (non-hydrogen) atoms. The highest BCUT2D eigenvalue weighted by Gasteiger charge is 2.06. The summed E-state index contributed by atoms with van der Waals surface area (Å²) in [6, 6.07) is 0. The lowest BCUT2D eigenvalue weighted by molar-refractivity contribution is 0.210. The van der Waals surface area contributed by atoms with Crippen molar-refractivity contribution in [1.29, 1.82) is 0 Å². The molecule has 0 fully saturated rings. The number of aryl methyl sites for hydroxylation is 1. The Labute approximate surface area is 99.4 Å². The predicted molar refractivity (Wildman–Crippen MR) is 62.7 cm³/mol. The van der Waals surface area contributed by atoms with Crippen LogP contribution in [0.5, 0.6) is 0 Å². The van der Waals surface area contributed by atoms with E-state index in [0.717, 1.165) is 18.3 Å². The smallest absolute Gasteiger partial charge is 0.203 e. The molecule has 0 unspecified atom stereocenters. The number of imidazole rings is 1. The summed E-state index contributed by atoms with van der Waals surface area (Å²) in [5, 5.41) is 11.1. The standard InChI is InChI=1S/C10H16N6O/c1-15-8-13-14-9(15)7-16-5-3-11-10(16)12-4-6-17-2/h3,5,8H,4,6-7H2,1-2H3,(H,11,12). The van der Waals surface area contributed by atoms with Gasteiger partial charge in [-0.15, -0.1) is 10.2 Å². The molecule has 7 nitrogen and oxygen atoms in total. The SMILES string of the molecule is COCCNc1nccn1Cc1nncn1C. The van der Waals surface area contributed by atoms with Crippen molar-refractivity contribution in [2.75, 3.05) is 25.6 Å². The van der Waals surface area contributed by atoms with E-state index in [-0.39, 0.29) is 0 Å². The molecule has 0 aliphatic carbocycles. The van der Waals surface area contributed by atoms with Gasteiger partial charge in [0.2, 0.25) is 5.95 Å². The Hall–Kier alpha value is -1.89. The van der Waals surface area contributed by atoms with Gasteiger partial charge in [0.15, 0.2) is 5.82 Å². The van der Waals surface area contributed by atoms with Crippen LogP contribution in [0.15, 0.2) is 18.7 Å². The van der Waals surface area contributed by atoms with E-state index in [2.05, 4.69) is 20.5 Å². The van der Waals surface area contributed by atoms with E-state index in [1.165, 1.54) is 0 Å². The average molecular weight is 236 g/mol. The first-order chi connectivity index (χ1) is 8.31. The van der Waals surface area contributed by atoms with E-state index in [4.69, 9.17) is 4.74 Å². The van der Waals surface area contributed by atoms with Crippen LogP contribution in [-0.2, 0) is 18.3 Å². The van der Waals surface area contributed by atoms with Crippen LogP contribution in [0, 0.1) is 0 Å². The molecule has 0 saturated carbocycles. The normalized spacial score (nSPS) is 10.7. The molecule has 0 aliphatic rings. The molecule has 92 valence electrons. The molecular formula is C10H16N6O. The zero-order valence-corrected chi connectivity index (χ0v) is 10.00. The van der Waals surface area contributed by atoms with Crippen molar-refractivity contribution in [3.05, 3.63) is 24.5 Å². The van der Waals surface area contributed by atoms with E-state index >= 15 is 0 Å². The summed E-state index contributed by atoms with van der Waals surface area (Å²) in [5.41, 5.74) is 0. The minimum absolute atomic E-state index is 0.645. The third-order valence-electron chi connectivity index (χ3n) is 2.42. The summed E-state index contributed by atoms with van der Waals surface area (Å²) < 4.78 is 8.85. The van der Waals surface area contributed by atoms with Gasteiger partial charge >= 0.3 is 0 Å². The minimum Gasteiger partial charge on any atom is -0.383 e. The highest BCUT2D eigenvalue weighted by molar-refractivity contribution is 5.26. The summed E-state index contributed by atoms with van der Waals surface area (Å²) in [4.78, 5) is 4.24. The van der Waals surface area contributed by atoms with Crippen LogP contribution in [0.25, 0.3) is 0 Å². The Kier molecular flexibility index (Phi) is 3.71. The molecule has 2 aromatic heterocycles. The number of methoxy groups -OCH3 is 1. The third kappa shape index (κ3) is 2.82. The number of nitrogens with one attached hydrogen (secondary N) is 1. The Balaban J connectivity index is 2.01. The van der Waals surface area contributed by atoms with Crippen molar-refractivity contribution in [3.63, 3.8) is 0 Å². The molecule has 1 N–H and O–H groups in total. The van der Waals surface area contributed by atoms with Crippen molar-refractivity contribution >= 4 is 5.95 Å². The molecule has 2 aromatic rings. The first kappa shape index (κ1) is 11.6.